The lowest BCUT2D eigenvalue weighted by Crippen LogP contribution is -1.94. The Hall–Kier alpha value is -2.44. The van der Waals surface area contributed by atoms with E-state index in [1.165, 1.54) is 11.3 Å². The van der Waals surface area contributed by atoms with Crippen LogP contribution in [0.1, 0.15) is 5.69 Å². The van der Waals surface area contributed by atoms with Crippen LogP contribution in [0.5, 0.6) is 11.6 Å². The molecule has 5 nitrogen and oxygen atoms in total. The van der Waals surface area contributed by atoms with Crippen LogP contribution in [0.4, 0.5) is 0 Å². The molecular formula is C15H11N3O2S. The number of nitrogens with zero attached hydrogens (tertiary/aromatic N) is 3. The van der Waals surface area contributed by atoms with Crippen molar-refractivity contribution in [2.75, 3.05) is 0 Å². The van der Waals surface area contributed by atoms with E-state index in [1.54, 1.807) is 6.20 Å². The van der Waals surface area contributed by atoms with Gasteiger partial charge in [-0.25, -0.2) is 0 Å². The molecule has 0 aliphatic heterocycles. The molecule has 0 saturated carbocycles. The van der Waals surface area contributed by atoms with Crippen molar-refractivity contribution in [3.8, 4) is 11.6 Å². The predicted molar refractivity (Wildman–Crippen MR) is 80.8 cm³/mol. The zero-order valence-corrected chi connectivity index (χ0v) is 11.7. The summed E-state index contributed by atoms with van der Waals surface area (Å²) < 4.78 is 7.74. The number of thiazole rings is 1. The second kappa shape index (κ2) is 4.83. The quantitative estimate of drug-likeness (QED) is 0.630. The largest absolute Gasteiger partial charge is 0.435 e. The second-order valence-corrected chi connectivity index (χ2v) is 5.38. The Kier molecular flexibility index (Phi) is 2.83. The van der Waals surface area contributed by atoms with Crippen molar-refractivity contribution in [3.63, 3.8) is 0 Å². The van der Waals surface area contributed by atoms with E-state index in [4.69, 9.17) is 4.74 Å². The fourth-order valence-corrected chi connectivity index (χ4v) is 3.03. The molecule has 1 N–H and O–H groups in total. The fourth-order valence-electron chi connectivity index (χ4n) is 2.30. The smallest absolute Gasteiger partial charge is 0.244 e. The number of aliphatic hydroxyl groups excluding tert-OH is 1. The maximum Gasteiger partial charge on any atom is 0.244 e. The van der Waals surface area contributed by atoms with Crippen LogP contribution in [0.25, 0.3) is 15.9 Å². The average molecular weight is 297 g/mol. The molecule has 4 rings (SSSR count). The number of rotatable bonds is 3. The maximum atomic E-state index is 9.56. The highest BCUT2D eigenvalue weighted by atomic mass is 32.1. The van der Waals surface area contributed by atoms with Crippen molar-refractivity contribution in [2.45, 2.75) is 6.61 Å². The van der Waals surface area contributed by atoms with Crippen molar-refractivity contribution in [3.05, 3.63) is 53.8 Å². The van der Waals surface area contributed by atoms with Gasteiger partial charge in [-0.1, -0.05) is 18.2 Å². The van der Waals surface area contributed by atoms with Crippen molar-refractivity contribution < 1.29 is 9.84 Å². The molecule has 3 heterocycles. The van der Waals surface area contributed by atoms with E-state index < -0.39 is 0 Å². The average Bonchev–Trinajstić information content (AvgIpc) is 3.08. The van der Waals surface area contributed by atoms with E-state index in [-0.39, 0.29) is 6.61 Å². The van der Waals surface area contributed by atoms with Crippen LogP contribution in [0.15, 0.2) is 48.1 Å². The summed E-state index contributed by atoms with van der Waals surface area (Å²) in [6.45, 7) is -0.134. The van der Waals surface area contributed by atoms with Crippen molar-refractivity contribution in [1.82, 2.24) is 14.4 Å². The highest BCUT2D eigenvalue weighted by molar-refractivity contribution is 7.15. The molecule has 0 amide bonds. The number of fused-ring (bicyclic) bond motifs is 2. The van der Waals surface area contributed by atoms with Gasteiger partial charge in [0.25, 0.3) is 0 Å². The SMILES string of the molecule is OCc1c(Oc2cccc3cccnc23)nc2sccn12. The highest BCUT2D eigenvalue weighted by Gasteiger charge is 2.15. The van der Waals surface area contributed by atoms with Crippen molar-refractivity contribution in [2.24, 2.45) is 0 Å². The van der Waals surface area contributed by atoms with Crippen LogP contribution in [-0.4, -0.2) is 19.5 Å². The first-order valence-electron chi connectivity index (χ1n) is 6.43. The molecule has 3 aromatic heterocycles. The number of imidazole rings is 1. The molecule has 21 heavy (non-hydrogen) atoms. The zero-order valence-electron chi connectivity index (χ0n) is 10.9. The Labute approximate surface area is 124 Å². The third kappa shape index (κ3) is 1.96. The van der Waals surface area contributed by atoms with Crippen molar-refractivity contribution >= 4 is 27.2 Å². The van der Waals surface area contributed by atoms with Gasteiger partial charge in [0.2, 0.25) is 5.88 Å². The van der Waals surface area contributed by atoms with Crippen LogP contribution < -0.4 is 4.74 Å². The Bertz CT molecular complexity index is 924. The van der Waals surface area contributed by atoms with Gasteiger partial charge in [0.05, 0.1) is 6.61 Å². The summed E-state index contributed by atoms with van der Waals surface area (Å²) >= 11 is 1.50. The molecule has 0 aliphatic rings. The number of ether oxygens (including phenoxy) is 1. The van der Waals surface area contributed by atoms with E-state index in [9.17, 15) is 5.11 Å². The minimum Gasteiger partial charge on any atom is -0.435 e. The lowest BCUT2D eigenvalue weighted by Gasteiger charge is -2.07. The Morgan fingerprint density at radius 3 is 3.05 bits per heavy atom. The first-order chi connectivity index (χ1) is 10.4. The summed E-state index contributed by atoms with van der Waals surface area (Å²) in [5.41, 5.74) is 1.42. The standard InChI is InChI=1S/C15H11N3O2S/c19-9-11-14(17-15-18(11)7-8-21-15)20-12-5-1-3-10-4-2-6-16-13(10)12/h1-8,19H,9H2. The number of hydrogen-bond donors (Lipinski definition) is 1. The summed E-state index contributed by atoms with van der Waals surface area (Å²) in [5, 5.41) is 12.5. The molecule has 0 unspecified atom stereocenters. The molecule has 0 aliphatic carbocycles. The summed E-state index contributed by atoms with van der Waals surface area (Å²) in [6, 6.07) is 9.61. The van der Waals surface area contributed by atoms with E-state index in [1.807, 2.05) is 46.3 Å². The number of hydrogen-bond acceptors (Lipinski definition) is 5. The minimum atomic E-state index is -0.134. The molecular weight excluding hydrogens is 286 g/mol. The molecule has 4 aromatic rings. The molecule has 0 radical (unpaired) electrons. The van der Waals surface area contributed by atoms with E-state index >= 15 is 0 Å². The predicted octanol–water partition coefficient (Wildman–Crippen LogP) is 3.23. The molecule has 104 valence electrons. The first-order valence-corrected chi connectivity index (χ1v) is 7.31. The maximum absolute atomic E-state index is 9.56. The van der Waals surface area contributed by atoms with Crippen LogP contribution in [0.3, 0.4) is 0 Å². The number of aromatic nitrogens is 3. The molecule has 0 saturated heterocycles. The number of aliphatic hydroxyl groups is 1. The molecule has 1 aromatic carbocycles. The fraction of sp³-hybridized carbons (Fsp3) is 0.0667. The lowest BCUT2D eigenvalue weighted by atomic mass is 10.2. The normalized spacial score (nSPS) is 11.3. The van der Waals surface area contributed by atoms with Gasteiger partial charge in [0, 0.05) is 23.2 Å². The Morgan fingerprint density at radius 1 is 1.24 bits per heavy atom. The Balaban J connectivity index is 1.84. The van der Waals surface area contributed by atoms with Gasteiger partial charge in [-0.05, 0) is 12.1 Å². The number of pyridine rings is 1. The van der Waals surface area contributed by atoms with Crippen LogP contribution in [0.2, 0.25) is 0 Å². The Morgan fingerprint density at radius 2 is 2.14 bits per heavy atom. The summed E-state index contributed by atoms with van der Waals surface area (Å²) in [6.07, 6.45) is 3.60. The lowest BCUT2D eigenvalue weighted by molar-refractivity contribution is 0.270. The van der Waals surface area contributed by atoms with E-state index in [2.05, 4.69) is 9.97 Å². The van der Waals surface area contributed by atoms with Gasteiger partial charge in [0.1, 0.15) is 11.2 Å². The van der Waals surface area contributed by atoms with Crippen LogP contribution in [0, 0.1) is 0 Å². The summed E-state index contributed by atoms with van der Waals surface area (Å²) in [7, 11) is 0. The van der Waals surface area contributed by atoms with Crippen LogP contribution in [-0.2, 0) is 6.61 Å². The van der Waals surface area contributed by atoms with E-state index in [0.717, 1.165) is 15.9 Å². The van der Waals surface area contributed by atoms with Gasteiger partial charge in [-0.3, -0.25) is 9.38 Å². The topological polar surface area (TPSA) is 59.7 Å². The van der Waals surface area contributed by atoms with Gasteiger partial charge in [-0.2, -0.15) is 4.98 Å². The molecule has 0 atom stereocenters. The molecule has 0 spiro atoms. The molecule has 0 bridgehead atoms. The first kappa shape index (κ1) is 12.3. The van der Waals surface area contributed by atoms with Gasteiger partial charge in [-0.15, -0.1) is 11.3 Å². The molecule has 6 heteroatoms. The second-order valence-electron chi connectivity index (χ2n) is 4.51. The van der Waals surface area contributed by atoms with E-state index in [0.29, 0.717) is 17.3 Å². The van der Waals surface area contributed by atoms with Crippen LogP contribution >= 0.6 is 11.3 Å². The summed E-state index contributed by atoms with van der Waals surface area (Å²) in [5.74, 6) is 1.05. The van der Waals surface area contributed by atoms with Crippen molar-refractivity contribution in [1.29, 1.82) is 0 Å². The van der Waals surface area contributed by atoms with Gasteiger partial charge >= 0.3 is 0 Å². The monoisotopic (exact) mass is 297 g/mol. The van der Waals surface area contributed by atoms with Gasteiger partial charge < -0.3 is 9.84 Å². The third-order valence-electron chi connectivity index (χ3n) is 3.28. The summed E-state index contributed by atoms with van der Waals surface area (Å²) in [4.78, 5) is 9.57. The molecule has 0 fully saturated rings. The number of para-hydroxylation sites is 1. The minimum absolute atomic E-state index is 0.134. The van der Waals surface area contributed by atoms with Gasteiger partial charge in [0.15, 0.2) is 10.7 Å². The number of benzene rings is 1. The highest BCUT2D eigenvalue weighted by Crippen LogP contribution is 2.31. The zero-order chi connectivity index (χ0) is 14.2. The third-order valence-corrected chi connectivity index (χ3v) is 4.03.